The minimum atomic E-state index is -0.690. The summed E-state index contributed by atoms with van der Waals surface area (Å²) in [5, 5.41) is 5.63. The number of methoxy groups -OCH3 is 1. The van der Waals surface area contributed by atoms with Gasteiger partial charge < -0.3 is 15.4 Å². The van der Waals surface area contributed by atoms with Crippen LogP contribution in [-0.2, 0) is 14.3 Å². The summed E-state index contributed by atoms with van der Waals surface area (Å²) in [7, 11) is 1.50. The Bertz CT molecular complexity index is 686. The molecule has 0 aliphatic rings. The molecule has 1 unspecified atom stereocenters. The summed E-state index contributed by atoms with van der Waals surface area (Å²) in [5.41, 5.74) is 2.04. The molecule has 1 atom stereocenters. The molecule has 0 saturated carbocycles. The molecule has 2 aromatic carbocycles. The largest absolute Gasteiger partial charge is 0.367 e. The minimum Gasteiger partial charge on any atom is -0.367 e. The molecule has 0 aliphatic heterocycles. The standard InChI is InChI=1S/C19H22N2O3/c1-3-8-17(22)20-15-11-7-12-16(13-15)21-19(23)18(24-2)14-9-5-4-6-10-14/h4-7,9-13,18H,3,8H2,1-2H3,(H,20,22)(H,21,23). The van der Waals surface area contributed by atoms with Gasteiger partial charge in [0.15, 0.2) is 6.10 Å². The number of nitrogens with one attached hydrogen (secondary N) is 2. The first-order valence-corrected chi connectivity index (χ1v) is 7.92. The molecule has 2 aromatic rings. The Morgan fingerprint density at radius 1 is 1.00 bits per heavy atom. The molecule has 0 heterocycles. The van der Waals surface area contributed by atoms with Crippen molar-refractivity contribution in [3.63, 3.8) is 0 Å². The topological polar surface area (TPSA) is 67.4 Å². The van der Waals surface area contributed by atoms with E-state index in [9.17, 15) is 9.59 Å². The highest BCUT2D eigenvalue weighted by atomic mass is 16.5. The summed E-state index contributed by atoms with van der Waals surface area (Å²) in [6, 6.07) is 16.3. The zero-order valence-electron chi connectivity index (χ0n) is 13.9. The van der Waals surface area contributed by atoms with Gasteiger partial charge in [-0.1, -0.05) is 43.3 Å². The molecular weight excluding hydrogens is 304 g/mol. The number of amides is 2. The quantitative estimate of drug-likeness (QED) is 0.814. The van der Waals surface area contributed by atoms with Crippen LogP contribution in [0.2, 0.25) is 0 Å². The first-order valence-electron chi connectivity index (χ1n) is 7.92. The Hall–Kier alpha value is -2.66. The lowest BCUT2D eigenvalue weighted by Gasteiger charge is -2.16. The van der Waals surface area contributed by atoms with Crippen molar-refractivity contribution in [2.24, 2.45) is 0 Å². The fraction of sp³-hybridized carbons (Fsp3) is 0.263. The molecule has 2 amide bonds. The van der Waals surface area contributed by atoms with Gasteiger partial charge in [0.2, 0.25) is 5.91 Å². The predicted molar refractivity (Wildman–Crippen MR) is 94.8 cm³/mol. The Morgan fingerprint density at radius 3 is 2.29 bits per heavy atom. The Morgan fingerprint density at radius 2 is 1.67 bits per heavy atom. The molecule has 126 valence electrons. The second-order valence-corrected chi connectivity index (χ2v) is 5.39. The Kier molecular flexibility index (Phi) is 6.51. The van der Waals surface area contributed by atoms with E-state index >= 15 is 0 Å². The maximum atomic E-state index is 12.5. The average Bonchev–Trinajstić information content (AvgIpc) is 2.57. The first kappa shape index (κ1) is 17.7. The lowest BCUT2D eigenvalue weighted by atomic mass is 10.1. The second-order valence-electron chi connectivity index (χ2n) is 5.39. The summed E-state index contributed by atoms with van der Waals surface area (Å²) < 4.78 is 5.32. The van der Waals surface area contributed by atoms with Crippen LogP contribution in [0.3, 0.4) is 0 Å². The fourth-order valence-corrected chi connectivity index (χ4v) is 2.36. The van der Waals surface area contributed by atoms with Gasteiger partial charge in [-0.15, -0.1) is 0 Å². The van der Waals surface area contributed by atoms with E-state index in [1.807, 2.05) is 37.3 Å². The van der Waals surface area contributed by atoms with Gasteiger partial charge in [0.05, 0.1) is 0 Å². The molecule has 0 radical (unpaired) electrons. The van der Waals surface area contributed by atoms with Crippen molar-refractivity contribution < 1.29 is 14.3 Å². The highest BCUT2D eigenvalue weighted by molar-refractivity contribution is 5.96. The highest BCUT2D eigenvalue weighted by Crippen LogP contribution is 2.21. The van der Waals surface area contributed by atoms with Crippen LogP contribution in [0.15, 0.2) is 54.6 Å². The van der Waals surface area contributed by atoms with Crippen molar-refractivity contribution in [3.05, 3.63) is 60.2 Å². The van der Waals surface area contributed by atoms with Crippen LogP contribution in [0.25, 0.3) is 0 Å². The third-order valence-corrected chi connectivity index (χ3v) is 3.47. The van der Waals surface area contributed by atoms with Crippen LogP contribution >= 0.6 is 0 Å². The molecular formula is C19H22N2O3. The second kappa shape index (κ2) is 8.84. The average molecular weight is 326 g/mol. The van der Waals surface area contributed by atoms with Gasteiger partial charge in [0, 0.05) is 24.9 Å². The van der Waals surface area contributed by atoms with Crippen LogP contribution in [-0.4, -0.2) is 18.9 Å². The molecule has 0 saturated heterocycles. The zero-order valence-corrected chi connectivity index (χ0v) is 13.9. The number of carbonyl (C=O) groups is 2. The van der Waals surface area contributed by atoms with Gasteiger partial charge in [-0.2, -0.15) is 0 Å². The maximum absolute atomic E-state index is 12.5. The van der Waals surface area contributed by atoms with E-state index in [0.717, 1.165) is 12.0 Å². The molecule has 2 N–H and O–H groups in total. The number of hydrogen-bond acceptors (Lipinski definition) is 3. The first-order chi connectivity index (χ1) is 11.6. The summed E-state index contributed by atoms with van der Waals surface area (Å²) >= 11 is 0. The number of anilines is 2. The number of rotatable bonds is 7. The SMILES string of the molecule is CCCC(=O)Nc1cccc(NC(=O)C(OC)c2ccccc2)c1. The van der Waals surface area contributed by atoms with Crippen molar-refractivity contribution in [2.45, 2.75) is 25.9 Å². The minimum absolute atomic E-state index is 0.0416. The lowest BCUT2D eigenvalue weighted by Crippen LogP contribution is -2.22. The third-order valence-electron chi connectivity index (χ3n) is 3.47. The Labute approximate surface area is 142 Å². The smallest absolute Gasteiger partial charge is 0.258 e. The van der Waals surface area contributed by atoms with Crippen LogP contribution in [0, 0.1) is 0 Å². The van der Waals surface area contributed by atoms with Crippen molar-refractivity contribution in [1.82, 2.24) is 0 Å². The zero-order chi connectivity index (χ0) is 17.4. The summed E-state index contributed by atoms with van der Waals surface area (Å²) in [6.07, 6.45) is 0.565. The van der Waals surface area contributed by atoms with Crippen molar-refractivity contribution in [2.75, 3.05) is 17.7 Å². The molecule has 0 spiro atoms. The van der Waals surface area contributed by atoms with Crippen molar-refractivity contribution in [3.8, 4) is 0 Å². The van der Waals surface area contributed by atoms with Gasteiger partial charge in [-0.25, -0.2) is 0 Å². The van der Waals surface area contributed by atoms with Crippen LogP contribution < -0.4 is 10.6 Å². The molecule has 0 aliphatic carbocycles. The van der Waals surface area contributed by atoms with Crippen LogP contribution in [0.1, 0.15) is 31.4 Å². The van der Waals surface area contributed by atoms with Gasteiger partial charge in [0.25, 0.3) is 5.91 Å². The molecule has 0 bridgehead atoms. The van der Waals surface area contributed by atoms with Crippen molar-refractivity contribution >= 4 is 23.2 Å². The van der Waals surface area contributed by atoms with Crippen LogP contribution in [0.5, 0.6) is 0 Å². The van der Waals surface area contributed by atoms with Gasteiger partial charge in [0.1, 0.15) is 0 Å². The van der Waals surface area contributed by atoms with E-state index in [-0.39, 0.29) is 11.8 Å². The number of ether oxygens (including phenoxy) is 1. The molecule has 2 rings (SSSR count). The molecule has 5 heteroatoms. The van der Waals surface area contributed by atoms with Crippen LogP contribution in [0.4, 0.5) is 11.4 Å². The molecule has 0 aromatic heterocycles. The molecule has 0 fully saturated rings. The number of hydrogen-bond donors (Lipinski definition) is 2. The molecule has 24 heavy (non-hydrogen) atoms. The van der Waals surface area contributed by atoms with E-state index in [1.165, 1.54) is 7.11 Å². The van der Waals surface area contributed by atoms with E-state index in [2.05, 4.69) is 10.6 Å². The summed E-state index contributed by atoms with van der Waals surface area (Å²) in [4.78, 5) is 24.1. The third kappa shape index (κ3) is 4.93. The normalized spacial score (nSPS) is 11.6. The van der Waals surface area contributed by atoms with Gasteiger partial charge >= 0.3 is 0 Å². The summed E-state index contributed by atoms with van der Waals surface area (Å²) in [5.74, 6) is -0.305. The lowest BCUT2D eigenvalue weighted by molar-refractivity contribution is -0.126. The van der Waals surface area contributed by atoms with Gasteiger partial charge in [-0.3, -0.25) is 9.59 Å². The monoisotopic (exact) mass is 326 g/mol. The summed E-state index contributed by atoms with van der Waals surface area (Å²) in [6.45, 7) is 1.95. The van der Waals surface area contributed by atoms with Gasteiger partial charge in [-0.05, 0) is 30.2 Å². The fourth-order valence-electron chi connectivity index (χ4n) is 2.36. The Balaban J connectivity index is 2.07. The maximum Gasteiger partial charge on any atom is 0.258 e. The van der Waals surface area contributed by atoms with E-state index < -0.39 is 6.10 Å². The number of benzene rings is 2. The van der Waals surface area contributed by atoms with E-state index in [1.54, 1.807) is 24.3 Å². The molecule has 5 nitrogen and oxygen atoms in total. The van der Waals surface area contributed by atoms with E-state index in [4.69, 9.17) is 4.74 Å². The van der Waals surface area contributed by atoms with E-state index in [0.29, 0.717) is 17.8 Å². The predicted octanol–water partition coefficient (Wildman–Crippen LogP) is 3.75. The highest BCUT2D eigenvalue weighted by Gasteiger charge is 2.19. The number of carbonyl (C=O) groups excluding carboxylic acids is 2. The van der Waals surface area contributed by atoms with Crippen molar-refractivity contribution in [1.29, 1.82) is 0 Å².